The van der Waals surface area contributed by atoms with E-state index in [4.69, 9.17) is 0 Å². The molecule has 1 aromatic heterocycles. The van der Waals surface area contributed by atoms with Gasteiger partial charge in [-0.25, -0.2) is 4.68 Å². The third kappa shape index (κ3) is 3.02. The highest BCUT2D eigenvalue weighted by Crippen LogP contribution is 2.24. The normalized spacial score (nSPS) is 15.7. The Hall–Kier alpha value is -1.82. The molecule has 0 atom stereocenters. The van der Waals surface area contributed by atoms with E-state index in [-0.39, 0.29) is 5.56 Å². The molecule has 0 spiro atoms. The summed E-state index contributed by atoms with van der Waals surface area (Å²) in [5.74, 6) is 0. The van der Waals surface area contributed by atoms with Gasteiger partial charge in [0.2, 0.25) is 0 Å². The lowest BCUT2D eigenvalue weighted by Crippen LogP contribution is -2.32. The van der Waals surface area contributed by atoms with E-state index in [1.807, 2.05) is 6.07 Å². The SMILES string of the molecule is Cn1ncc(N2CCCN(c3ccccc3)CC2)c(Br)c1=O. The number of anilines is 2. The lowest BCUT2D eigenvalue weighted by molar-refractivity contribution is 0.694. The zero-order valence-corrected chi connectivity index (χ0v) is 14.2. The standard InChI is InChI=1S/C16H19BrN4O/c1-19-16(22)15(17)14(12-18-19)21-9-5-8-20(10-11-21)13-6-3-2-4-7-13/h2-4,6-7,12H,5,8-11H2,1H3. The first-order chi connectivity index (χ1) is 10.7. The summed E-state index contributed by atoms with van der Waals surface area (Å²) in [7, 11) is 1.66. The van der Waals surface area contributed by atoms with Crippen molar-refractivity contribution in [3.63, 3.8) is 0 Å². The number of halogens is 1. The number of benzene rings is 1. The van der Waals surface area contributed by atoms with Gasteiger partial charge in [-0.15, -0.1) is 0 Å². The maximum Gasteiger partial charge on any atom is 0.282 e. The van der Waals surface area contributed by atoms with Crippen LogP contribution in [0.1, 0.15) is 6.42 Å². The fraction of sp³-hybridized carbons (Fsp3) is 0.375. The summed E-state index contributed by atoms with van der Waals surface area (Å²) in [5.41, 5.74) is 2.05. The first-order valence-corrected chi connectivity index (χ1v) is 8.23. The largest absolute Gasteiger partial charge is 0.370 e. The molecule has 5 nitrogen and oxygen atoms in total. The van der Waals surface area contributed by atoms with Crippen molar-refractivity contribution >= 4 is 27.3 Å². The van der Waals surface area contributed by atoms with Gasteiger partial charge in [-0.2, -0.15) is 5.10 Å². The van der Waals surface area contributed by atoms with E-state index in [1.165, 1.54) is 10.4 Å². The van der Waals surface area contributed by atoms with Crippen molar-refractivity contribution in [2.75, 3.05) is 36.0 Å². The molecule has 0 bridgehead atoms. The number of nitrogens with zero attached hydrogens (tertiary/aromatic N) is 4. The highest BCUT2D eigenvalue weighted by Gasteiger charge is 2.19. The van der Waals surface area contributed by atoms with Gasteiger partial charge in [0.25, 0.3) is 5.56 Å². The summed E-state index contributed by atoms with van der Waals surface area (Å²) in [4.78, 5) is 16.6. The molecule has 0 amide bonds. The number of rotatable bonds is 2. The first kappa shape index (κ1) is 15.1. The van der Waals surface area contributed by atoms with Crippen LogP contribution < -0.4 is 15.4 Å². The molecular formula is C16H19BrN4O. The van der Waals surface area contributed by atoms with Gasteiger partial charge in [0.05, 0.1) is 11.9 Å². The molecule has 1 aliphatic heterocycles. The molecule has 0 aliphatic carbocycles. The van der Waals surface area contributed by atoms with E-state index in [1.54, 1.807) is 13.2 Å². The van der Waals surface area contributed by atoms with Crippen LogP contribution in [0.5, 0.6) is 0 Å². The van der Waals surface area contributed by atoms with Crippen molar-refractivity contribution in [3.05, 3.63) is 51.4 Å². The van der Waals surface area contributed by atoms with Crippen LogP contribution >= 0.6 is 15.9 Å². The van der Waals surface area contributed by atoms with E-state index in [0.29, 0.717) is 4.47 Å². The number of para-hydroxylation sites is 1. The predicted molar refractivity (Wildman–Crippen MR) is 92.7 cm³/mol. The summed E-state index contributed by atoms with van der Waals surface area (Å²) in [5, 5.41) is 4.14. The number of hydrogen-bond donors (Lipinski definition) is 0. The van der Waals surface area contributed by atoms with Crippen LogP contribution in [-0.4, -0.2) is 36.0 Å². The molecular weight excluding hydrogens is 344 g/mol. The number of aryl methyl sites for hydroxylation is 1. The van der Waals surface area contributed by atoms with E-state index in [2.05, 4.69) is 55.1 Å². The maximum absolute atomic E-state index is 12.0. The summed E-state index contributed by atoms with van der Waals surface area (Å²) in [6, 6.07) is 10.5. The topological polar surface area (TPSA) is 41.4 Å². The van der Waals surface area contributed by atoms with Crippen molar-refractivity contribution in [2.45, 2.75) is 6.42 Å². The highest BCUT2D eigenvalue weighted by atomic mass is 79.9. The maximum atomic E-state index is 12.0. The second kappa shape index (κ2) is 6.52. The molecule has 6 heteroatoms. The summed E-state index contributed by atoms with van der Waals surface area (Å²) in [6.07, 6.45) is 2.82. The summed E-state index contributed by atoms with van der Waals surface area (Å²) < 4.78 is 1.94. The molecule has 0 unspecified atom stereocenters. The van der Waals surface area contributed by atoms with Gasteiger partial charge in [-0.1, -0.05) is 18.2 Å². The Morgan fingerprint density at radius 2 is 1.73 bits per heavy atom. The van der Waals surface area contributed by atoms with Gasteiger partial charge in [0.15, 0.2) is 0 Å². The van der Waals surface area contributed by atoms with Crippen LogP contribution in [0.2, 0.25) is 0 Å². The smallest absolute Gasteiger partial charge is 0.282 e. The number of aromatic nitrogens is 2. The van der Waals surface area contributed by atoms with Crippen molar-refractivity contribution < 1.29 is 0 Å². The van der Waals surface area contributed by atoms with Crippen LogP contribution in [0.4, 0.5) is 11.4 Å². The van der Waals surface area contributed by atoms with E-state index in [0.717, 1.165) is 38.3 Å². The van der Waals surface area contributed by atoms with E-state index in [9.17, 15) is 4.79 Å². The monoisotopic (exact) mass is 362 g/mol. The van der Waals surface area contributed by atoms with Gasteiger partial charge in [0.1, 0.15) is 4.47 Å². The van der Waals surface area contributed by atoms with Crippen LogP contribution in [0.3, 0.4) is 0 Å². The molecule has 22 heavy (non-hydrogen) atoms. The molecule has 0 radical (unpaired) electrons. The Morgan fingerprint density at radius 3 is 2.50 bits per heavy atom. The zero-order valence-electron chi connectivity index (χ0n) is 12.6. The third-order valence-corrected chi connectivity index (χ3v) is 4.76. The second-order valence-corrected chi connectivity index (χ2v) is 6.23. The molecule has 1 aromatic carbocycles. The molecule has 116 valence electrons. The quantitative estimate of drug-likeness (QED) is 0.821. The van der Waals surface area contributed by atoms with Crippen LogP contribution in [-0.2, 0) is 7.05 Å². The molecule has 2 aromatic rings. The van der Waals surface area contributed by atoms with Gasteiger partial charge in [-0.05, 0) is 34.5 Å². The molecule has 1 saturated heterocycles. The van der Waals surface area contributed by atoms with Crippen molar-refractivity contribution in [3.8, 4) is 0 Å². The Kier molecular flexibility index (Phi) is 4.47. The highest BCUT2D eigenvalue weighted by molar-refractivity contribution is 9.10. The summed E-state index contributed by atoms with van der Waals surface area (Å²) >= 11 is 3.42. The zero-order chi connectivity index (χ0) is 15.5. The van der Waals surface area contributed by atoms with E-state index >= 15 is 0 Å². The third-order valence-electron chi connectivity index (χ3n) is 4.02. The Labute approximate surface area is 138 Å². The lowest BCUT2D eigenvalue weighted by atomic mass is 10.3. The molecule has 1 aliphatic rings. The molecule has 0 saturated carbocycles. The minimum atomic E-state index is -0.0957. The van der Waals surface area contributed by atoms with E-state index < -0.39 is 0 Å². The van der Waals surface area contributed by atoms with Crippen LogP contribution in [0, 0.1) is 0 Å². The van der Waals surface area contributed by atoms with Crippen molar-refractivity contribution in [2.24, 2.45) is 7.05 Å². The van der Waals surface area contributed by atoms with Gasteiger partial charge >= 0.3 is 0 Å². The average molecular weight is 363 g/mol. The molecule has 2 heterocycles. The minimum absolute atomic E-state index is 0.0957. The summed E-state index contributed by atoms with van der Waals surface area (Å²) in [6.45, 7) is 3.77. The molecule has 1 fully saturated rings. The van der Waals surface area contributed by atoms with Crippen molar-refractivity contribution in [1.82, 2.24) is 9.78 Å². The van der Waals surface area contributed by atoms with Crippen LogP contribution in [0.25, 0.3) is 0 Å². The van der Waals surface area contributed by atoms with Gasteiger partial charge < -0.3 is 9.80 Å². The fourth-order valence-corrected chi connectivity index (χ4v) is 3.39. The average Bonchev–Trinajstić information content (AvgIpc) is 2.80. The molecule has 0 N–H and O–H groups in total. The fourth-order valence-electron chi connectivity index (χ4n) is 2.78. The predicted octanol–water partition coefficient (Wildman–Crippen LogP) is 2.26. The first-order valence-electron chi connectivity index (χ1n) is 7.43. The van der Waals surface area contributed by atoms with Gasteiger partial charge in [-0.3, -0.25) is 4.79 Å². The second-order valence-electron chi connectivity index (χ2n) is 5.44. The Morgan fingerprint density at radius 1 is 1.05 bits per heavy atom. The van der Waals surface area contributed by atoms with Crippen molar-refractivity contribution in [1.29, 1.82) is 0 Å². The Balaban J connectivity index is 1.79. The van der Waals surface area contributed by atoms with Crippen LogP contribution in [0.15, 0.2) is 45.8 Å². The van der Waals surface area contributed by atoms with Gasteiger partial charge in [0, 0.05) is 38.9 Å². The molecule has 3 rings (SSSR count). The minimum Gasteiger partial charge on any atom is -0.370 e. The lowest BCUT2D eigenvalue weighted by Gasteiger charge is -2.25. The number of hydrogen-bond acceptors (Lipinski definition) is 4. The Bertz CT molecular complexity index is 701.